The Labute approximate surface area is 305 Å². The number of nitrogens with one attached hydrogen (secondary N) is 4. The lowest BCUT2D eigenvalue weighted by molar-refractivity contribution is -0.384. The summed E-state index contributed by atoms with van der Waals surface area (Å²) in [5, 5.41) is 14.4. The van der Waals surface area contributed by atoms with Gasteiger partial charge in [-0.3, -0.25) is 25.0 Å². The Morgan fingerprint density at radius 3 is 2.08 bits per heavy atom. The first-order valence-corrected chi connectivity index (χ1v) is 20.3. The Hall–Kier alpha value is -4.46. The van der Waals surface area contributed by atoms with Gasteiger partial charge in [0.2, 0.25) is 10.0 Å². The number of hydrogen-bond donors (Lipinski definition) is 4. The Morgan fingerprint density at radius 1 is 0.827 bits per heavy atom. The molecule has 19 heteroatoms. The second-order valence-corrected chi connectivity index (χ2v) is 15.3. The number of nitrogens with zero attached hydrogens (tertiary/aromatic N) is 3. The standard InChI is InChI=1S/C33H49N7O10S2/c1-3-4-5-6-7-8-9-10-11-12-23-51(44,45)37-29-17-18-31(50-22-21-49-20-19-48-2)32(24-29)52(46,47)38-28-15-13-27(14-16-28)35-36-33(41)39-26-30(25-34-39)40(42)43/h13-18,24-26,35,37-38H,3-12,19-23H2,1-2H3,(H,36,41). The topological polar surface area (TPSA) is 222 Å². The molecule has 2 aromatic carbocycles. The molecule has 0 aliphatic heterocycles. The van der Waals surface area contributed by atoms with E-state index in [-0.39, 0.29) is 46.7 Å². The highest BCUT2D eigenvalue weighted by atomic mass is 32.2. The minimum Gasteiger partial charge on any atom is -0.490 e. The Morgan fingerprint density at radius 2 is 1.44 bits per heavy atom. The number of carbonyl (C=O) groups is 1. The molecule has 0 spiro atoms. The van der Waals surface area contributed by atoms with Crippen LogP contribution in [0.3, 0.4) is 0 Å². The minimum atomic E-state index is -4.32. The molecule has 1 heterocycles. The molecular formula is C33H49N7O10S2. The minimum absolute atomic E-state index is 0.0136. The molecule has 0 bridgehead atoms. The molecule has 52 heavy (non-hydrogen) atoms. The highest BCUT2D eigenvalue weighted by Gasteiger charge is 2.23. The zero-order chi connectivity index (χ0) is 37.8. The maximum Gasteiger partial charge on any atom is 0.360 e. The van der Waals surface area contributed by atoms with Crippen LogP contribution in [-0.4, -0.2) is 76.9 Å². The van der Waals surface area contributed by atoms with Crippen molar-refractivity contribution < 1.29 is 40.8 Å². The summed E-state index contributed by atoms with van der Waals surface area (Å²) in [4.78, 5) is 22.1. The molecule has 0 saturated carbocycles. The molecular weight excluding hydrogens is 719 g/mol. The number of rotatable bonds is 26. The quantitative estimate of drug-likeness (QED) is 0.0427. The van der Waals surface area contributed by atoms with Crippen molar-refractivity contribution in [3.05, 3.63) is 65.0 Å². The highest BCUT2D eigenvalue weighted by molar-refractivity contribution is 7.93. The zero-order valence-electron chi connectivity index (χ0n) is 29.5. The van der Waals surface area contributed by atoms with Crippen molar-refractivity contribution in [3.63, 3.8) is 0 Å². The molecule has 0 aliphatic rings. The maximum atomic E-state index is 13.6. The van der Waals surface area contributed by atoms with E-state index in [1.807, 2.05) is 0 Å². The third-order valence-corrected chi connectivity index (χ3v) is 10.4. The molecule has 3 rings (SSSR count). The summed E-state index contributed by atoms with van der Waals surface area (Å²) in [5.41, 5.74) is 5.14. The second kappa shape index (κ2) is 21.8. The number of hydrazine groups is 1. The van der Waals surface area contributed by atoms with Crippen molar-refractivity contribution in [2.45, 2.75) is 76.0 Å². The van der Waals surface area contributed by atoms with Crippen LogP contribution in [0.25, 0.3) is 0 Å². The van der Waals surface area contributed by atoms with E-state index < -0.39 is 31.0 Å². The van der Waals surface area contributed by atoms with Gasteiger partial charge in [0.1, 0.15) is 29.6 Å². The zero-order valence-corrected chi connectivity index (χ0v) is 31.2. The molecule has 1 amide bonds. The first-order valence-electron chi connectivity index (χ1n) is 17.2. The van der Waals surface area contributed by atoms with Gasteiger partial charge in [0.25, 0.3) is 10.0 Å². The van der Waals surface area contributed by atoms with Crippen molar-refractivity contribution in [1.29, 1.82) is 0 Å². The summed E-state index contributed by atoms with van der Waals surface area (Å²) in [5.74, 6) is -0.107. The molecule has 4 N–H and O–H groups in total. The van der Waals surface area contributed by atoms with Crippen LogP contribution in [-0.2, 0) is 29.5 Å². The lowest BCUT2D eigenvalue weighted by atomic mass is 10.1. The largest absolute Gasteiger partial charge is 0.490 e. The van der Waals surface area contributed by atoms with Crippen molar-refractivity contribution in [1.82, 2.24) is 15.2 Å². The predicted octanol–water partition coefficient (Wildman–Crippen LogP) is 5.88. The first kappa shape index (κ1) is 42.0. The number of benzene rings is 2. The van der Waals surface area contributed by atoms with E-state index in [0.717, 1.165) is 42.8 Å². The van der Waals surface area contributed by atoms with Gasteiger partial charge in [0.15, 0.2) is 0 Å². The maximum absolute atomic E-state index is 13.6. The van der Waals surface area contributed by atoms with Gasteiger partial charge in [-0.25, -0.2) is 27.1 Å². The third-order valence-electron chi connectivity index (χ3n) is 7.63. The van der Waals surface area contributed by atoms with Gasteiger partial charge >= 0.3 is 11.7 Å². The van der Waals surface area contributed by atoms with Gasteiger partial charge in [-0.2, -0.15) is 9.78 Å². The van der Waals surface area contributed by atoms with Crippen LogP contribution in [0, 0.1) is 10.1 Å². The molecule has 288 valence electrons. The van der Waals surface area contributed by atoms with Crippen molar-refractivity contribution in [2.75, 3.05) is 54.2 Å². The van der Waals surface area contributed by atoms with Crippen molar-refractivity contribution in [2.24, 2.45) is 0 Å². The second-order valence-electron chi connectivity index (χ2n) is 11.9. The van der Waals surface area contributed by atoms with Crippen LogP contribution in [0.15, 0.2) is 59.8 Å². The lowest BCUT2D eigenvalue weighted by Gasteiger charge is -2.16. The van der Waals surface area contributed by atoms with Crippen LogP contribution < -0.4 is 25.0 Å². The molecule has 0 unspecified atom stereocenters. The summed E-state index contributed by atoms with van der Waals surface area (Å²) in [6.45, 7) is 3.08. The number of methoxy groups -OCH3 is 1. The average Bonchev–Trinajstić information content (AvgIpc) is 3.62. The van der Waals surface area contributed by atoms with E-state index in [9.17, 15) is 31.7 Å². The number of amides is 1. The molecule has 0 saturated heterocycles. The van der Waals surface area contributed by atoms with Gasteiger partial charge in [0.05, 0.1) is 41.9 Å². The number of unbranched alkanes of at least 4 members (excludes halogenated alkanes) is 9. The summed E-state index contributed by atoms with van der Waals surface area (Å²) in [7, 11) is -6.53. The number of anilines is 3. The molecule has 0 radical (unpaired) electrons. The van der Waals surface area contributed by atoms with E-state index in [1.165, 1.54) is 74.6 Å². The van der Waals surface area contributed by atoms with Gasteiger partial charge in [-0.05, 0) is 48.9 Å². The van der Waals surface area contributed by atoms with Crippen molar-refractivity contribution >= 4 is 48.8 Å². The van der Waals surface area contributed by atoms with E-state index >= 15 is 0 Å². The third kappa shape index (κ3) is 15.0. The fraction of sp³-hybridized carbons (Fsp3) is 0.515. The first-order chi connectivity index (χ1) is 24.9. The fourth-order valence-electron chi connectivity index (χ4n) is 4.90. The molecule has 0 aliphatic carbocycles. The number of nitro groups is 1. The lowest BCUT2D eigenvalue weighted by Crippen LogP contribution is -2.33. The number of sulfonamides is 2. The number of ether oxygens (including phenoxy) is 3. The summed E-state index contributed by atoms with van der Waals surface area (Å²) < 4.78 is 74.9. The van der Waals surface area contributed by atoms with E-state index in [0.29, 0.717) is 25.3 Å². The van der Waals surface area contributed by atoms with Gasteiger partial charge in [0, 0.05) is 12.8 Å². The molecule has 0 fully saturated rings. The van der Waals surface area contributed by atoms with Crippen LogP contribution in [0.2, 0.25) is 0 Å². The van der Waals surface area contributed by atoms with Crippen LogP contribution in [0.5, 0.6) is 5.75 Å². The fourth-order valence-corrected chi connectivity index (χ4v) is 7.30. The molecule has 1 aromatic heterocycles. The highest BCUT2D eigenvalue weighted by Crippen LogP contribution is 2.30. The smallest absolute Gasteiger partial charge is 0.360 e. The number of hydrogen-bond acceptors (Lipinski definition) is 12. The number of aromatic nitrogens is 2. The normalized spacial score (nSPS) is 11.6. The van der Waals surface area contributed by atoms with E-state index in [4.69, 9.17) is 14.2 Å². The summed E-state index contributed by atoms with van der Waals surface area (Å²) >= 11 is 0. The Balaban J connectivity index is 1.63. The number of carbonyl (C=O) groups excluding carboxylic acids is 1. The average molecular weight is 768 g/mol. The van der Waals surface area contributed by atoms with Gasteiger partial charge in [-0.15, -0.1) is 0 Å². The van der Waals surface area contributed by atoms with E-state index in [1.54, 1.807) is 7.11 Å². The monoisotopic (exact) mass is 767 g/mol. The molecule has 0 atom stereocenters. The van der Waals surface area contributed by atoms with Gasteiger partial charge < -0.3 is 14.2 Å². The molecule has 3 aromatic rings. The van der Waals surface area contributed by atoms with Crippen LogP contribution >= 0.6 is 0 Å². The Kier molecular flexibility index (Phi) is 17.6. The van der Waals surface area contributed by atoms with E-state index in [2.05, 4.69) is 32.3 Å². The molecule has 17 nitrogen and oxygen atoms in total. The van der Waals surface area contributed by atoms with Crippen molar-refractivity contribution in [3.8, 4) is 5.75 Å². The SMILES string of the molecule is CCCCCCCCCCCCS(=O)(=O)Nc1ccc(OCCOCCOC)c(S(=O)(=O)Nc2ccc(NNC(=O)n3cc([N+](=O)[O-])cn3)cc2)c1. The predicted molar refractivity (Wildman–Crippen MR) is 198 cm³/mol. The summed E-state index contributed by atoms with van der Waals surface area (Å²) in [6, 6.07) is 9.01. The van der Waals surface area contributed by atoms with Crippen LogP contribution in [0.1, 0.15) is 71.1 Å². The van der Waals surface area contributed by atoms with Gasteiger partial charge in [-0.1, -0.05) is 64.7 Å². The Bertz CT molecular complexity index is 1770. The van der Waals surface area contributed by atoms with Crippen LogP contribution in [0.4, 0.5) is 27.5 Å². The summed E-state index contributed by atoms with van der Waals surface area (Å²) in [6.07, 6.45) is 12.5.